The molecular weight excluding hydrogens is 352 g/mol. The van der Waals surface area contributed by atoms with Gasteiger partial charge in [0.15, 0.2) is 5.78 Å². The van der Waals surface area contributed by atoms with Crippen molar-refractivity contribution in [3.05, 3.63) is 65.2 Å². The Kier molecular flexibility index (Phi) is 6.82. The monoisotopic (exact) mass is 380 g/mol. The van der Waals surface area contributed by atoms with Crippen LogP contribution in [0.5, 0.6) is 0 Å². The summed E-state index contributed by atoms with van der Waals surface area (Å²) < 4.78 is 5.39. The van der Waals surface area contributed by atoms with Gasteiger partial charge in [0.05, 0.1) is 13.2 Å². The highest BCUT2D eigenvalue weighted by Crippen LogP contribution is 2.18. The molecule has 1 aliphatic rings. The van der Waals surface area contributed by atoms with E-state index in [-0.39, 0.29) is 24.5 Å². The predicted octanol–water partition coefficient (Wildman–Crippen LogP) is 3.45. The molecule has 148 valence electrons. The number of carbonyl (C=O) groups excluding carboxylic acids is 2. The third-order valence-corrected chi connectivity index (χ3v) is 5.10. The molecule has 2 aromatic rings. The van der Waals surface area contributed by atoms with Gasteiger partial charge < -0.3 is 14.5 Å². The molecule has 1 saturated heterocycles. The number of ether oxygens (including phenoxy) is 1. The number of ketones is 1. The first-order valence-electron chi connectivity index (χ1n) is 9.78. The van der Waals surface area contributed by atoms with E-state index in [4.69, 9.17) is 4.74 Å². The summed E-state index contributed by atoms with van der Waals surface area (Å²) in [4.78, 5) is 28.6. The van der Waals surface area contributed by atoms with Crippen molar-refractivity contribution in [3.63, 3.8) is 0 Å². The fourth-order valence-electron chi connectivity index (χ4n) is 3.29. The lowest BCUT2D eigenvalue weighted by atomic mass is 10.0. The molecule has 0 spiro atoms. The Bertz CT molecular complexity index is 794. The molecule has 1 heterocycles. The highest BCUT2D eigenvalue weighted by Gasteiger charge is 2.14. The maximum Gasteiger partial charge on any atom is 0.223 e. The van der Waals surface area contributed by atoms with Crippen LogP contribution in [0.4, 0.5) is 5.69 Å². The van der Waals surface area contributed by atoms with Crippen molar-refractivity contribution >= 4 is 17.4 Å². The molecule has 1 amide bonds. The number of rotatable bonds is 7. The number of benzene rings is 2. The van der Waals surface area contributed by atoms with Crippen LogP contribution in [0.2, 0.25) is 0 Å². The molecule has 0 saturated carbocycles. The topological polar surface area (TPSA) is 49.9 Å². The van der Waals surface area contributed by atoms with Crippen LogP contribution in [0.1, 0.15) is 34.3 Å². The van der Waals surface area contributed by atoms with Gasteiger partial charge in [-0.2, -0.15) is 0 Å². The average Bonchev–Trinajstić information content (AvgIpc) is 2.73. The Balaban J connectivity index is 1.48. The third kappa shape index (κ3) is 5.42. The number of hydrogen-bond donors (Lipinski definition) is 0. The maximum absolute atomic E-state index is 12.4. The van der Waals surface area contributed by atoms with Gasteiger partial charge in [0, 0.05) is 50.8 Å². The quantitative estimate of drug-likeness (QED) is 0.691. The second-order valence-electron chi connectivity index (χ2n) is 7.30. The minimum Gasteiger partial charge on any atom is -0.378 e. The first-order chi connectivity index (χ1) is 13.5. The van der Waals surface area contributed by atoms with E-state index < -0.39 is 0 Å². The van der Waals surface area contributed by atoms with E-state index in [9.17, 15) is 9.59 Å². The molecule has 28 heavy (non-hydrogen) atoms. The molecule has 3 rings (SSSR count). The summed E-state index contributed by atoms with van der Waals surface area (Å²) in [6, 6.07) is 15.8. The van der Waals surface area contributed by atoms with Crippen LogP contribution >= 0.6 is 0 Å². The van der Waals surface area contributed by atoms with Gasteiger partial charge in [-0.05, 0) is 24.6 Å². The number of amides is 1. The van der Waals surface area contributed by atoms with E-state index in [0.717, 1.165) is 37.4 Å². The molecule has 0 unspecified atom stereocenters. The lowest BCUT2D eigenvalue weighted by molar-refractivity contribution is -0.130. The summed E-state index contributed by atoms with van der Waals surface area (Å²) in [5.41, 5.74) is 4.05. The zero-order chi connectivity index (χ0) is 19.9. The number of Topliss-reactive ketones (excluding diaryl/α,β-unsaturated/α-hetero) is 1. The predicted molar refractivity (Wildman–Crippen MR) is 111 cm³/mol. The largest absolute Gasteiger partial charge is 0.378 e. The molecule has 5 nitrogen and oxygen atoms in total. The minimum absolute atomic E-state index is 0.0108. The number of hydrogen-bond acceptors (Lipinski definition) is 4. The first kappa shape index (κ1) is 20.1. The second kappa shape index (κ2) is 9.51. The van der Waals surface area contributed by atoms with E-state index in [0.29, 0.717) is 12.1 Å². The SMILES string of the molecule is Cc1ccc(C(=O)CCC(=O)N(C)Cc2ccc(N3CCOCC3)cc2)cc1. The number of morpholine rings is 1. The summed E-state index contributed by atoms with van der Waals surface area (Å²) in [5, 5.41) is 0. The zero-order valence-corrected chi connectivity index (χ0v) is 16.7. The van der Waals surface area contributed by atoms with Crippen molar-refractivity contribution < 1.29 is 14.3 Å². The number of anilines is 1. The van der Waals surface area contributed by atoms with Crippen LogP contribution in [-0.4, -0.2) is 49.9 Å². The normalized spacial score (nSPS) is 14.0. The minimum atomic E-state index is -0.0160. The highest BCUT2D eigenvalue weighted by molar-refractivity contribution is 5.97. The fraction of sp³-hybridized carbons (Fsp3) is 0.391. The van der Waals surface area contributed by atoms with Gasteiger partial charge in [0.25, 0.3) is 0 Å². The molecule has 0 aromatic heterocycles. The summed E-state index contributed by atoms with van der Waals surface area (Å²) in [6.07, 6.45) is 0.470. The molecule has 5 heteroatoms. The number of carbonyl (C=O) groups is 2. The molecular formula is C23H28N2O3. The van der Waals surface area contributed by atoms with Gasteiger partial charge in [-0.1, -0.05) is 42.0 Å². The van der Waals surface area contributed by atoms with E-state index in [2.05, 4.69) is 29.2 Å². The zero-order valence-electron chi connectivity index (χ0n) is 16.7. The molecule has 0 aliphatic carbocycles. The second-order valence-corrected chi connectivity index (χ2v) is 7.30. The molecule has 0 atom stereocenters. The lowest BCUT2D eigenvalue weighted by Crippen LogP contribution is -2.36. The van der Waals surface area contributed by atoms with Crippen molar-refractivity contribution in [1.82, 2.24) is 4.90 Å². The van der Waals surface area contributed by atoms with Crippen molar-refractivity contribution in [2.45, 2.75) is 26.3 Å². The van der Waals surface area contributed by atoms with E-state index >= 15 is 0 Å². The van der Waals surface area contributed by atoms with Crippen LogP contribution < -0.4 is 4.90 Å². The first-order valence-corrected chi connectivity index (χ1v) is 9.78. The summed E-state index contributed by atoms with van der Waals surface area (Å²) in [6.45, 7) is 5.88. The molecule has 1 aliphatic heterocycles. The van der Waals surface area contributed by atoms with Gasteiger partial charge >= 0.3 is 0 Å². The Morgan fingerprint density at radius 3 is 2.25 bits per heavy atom. The van der Waals surface area contributed by atoms with Gasteiger partial charge in [0.1, 0.15) is 0 Å². The fourth-order valence-corrected chi connectivity index (χ4v) is 3.29. The summed E-state index contributed by atoms with van der Waals surface area (Å²) in [5.74, 6) is -0.00525. The van der Waals surface area contributed by atoms with Crippen LogP contribution in [0, 0.1) is 6.92 Å². The average molecular weight is 380 g/mol. The third-order valence-electron chi connectivity index (χ3n) is 5.10. The number of aryl methyl sites for hydroxylation is 1. The smallest absolute Gasteiger partial charge is 0.223 e. The van der Waals surface area contributed by atoms with Gasteiger partial charge in [-0.15, -0.1) is 0 Å². The molecule has 0 radical (unpaired) electrons. The van der Waals surface area contributed by atoms with Crippen LogP contribution in [0.15, 0.2) is 48.5 Å². The van der Waals surface area contributed by atoms with Crippen LogP contribution in [-0.2, 0) is 16.1 Å². The van der Waals surface area contributed by atoms with Crippen molar-refractivity contribution in [3.8, 4) is 0 Å². The summed E-state index contributed by atoms with van der Waals surface area (Å²) >= 11 is 0. The lowest BCUT2D eigenvalue weighted by Gasteiger charge is -2.29. The molecule has 2 aromatic carbocycles. The standard InChI is InChI=1S/C23H28N2O3/c1-18-3-7-20(8-4-18)22(26)11-12-23(27)24(2)17-19-5-9-21(10-6-19)25-13-15-28-16-14-25/h3-10H,11-17H2,1-2H3. The Morgan fingerprint density at radius 1 is 0.964 bits per heavy atom. The van der Waals surface area contributed by atoms with Gasteiger partial charge in [0.2, 0.25) is 5.91 Å². The Labute approximate surface area is 166 Å². The summed E-state index contributed by atoms with van der Waals surface area (Å²) in [7, 11) is 1.79. The van der Waals surface area contributed by atoms with Crippen molar-refractivity contribution in [2.75, 3.05) is 38.3 Å². The van der Waals surface area contributed by atoms with Gasteiger partial charge in [-0.3, -0.25) is 9.59 Å². The van der Waals surface area contributed by atoms with E-state index in [1.807, 2.05) is 31.2 Å². The highest BCUT2D eigenvalue weighted by atomic mass is 16.5. The van der Waals surface area contributed by atoms with Gasteiger partial charge in [-0.25, -0.2) is 0 Å². The van der Waals surface area contributed by atoms with Crippen molar-refractivity contribution in [2.24, 2.45) is 0 Å². The van der Waals surface area contributed by atoms with Crippen LogP contribution in [0.25, 0.3) is 0 Å². The molecule has 0 bridgehead atoms. The van der Waals surface area contributed by atoms with Crippen LogP contribution in [0.3, 0.4) is 0 Å². The number of nitrogens with zero attached hydrogens (tertiary/aromatic N) is 2. The van der Waals surface area contributed by atoms with E-state index in [1.54, 1.807) is 11.9 Å². The molecule has 0 N–H and O–H groups in total. The maximum atomic E-state index is 12.4. The molecule has 1 fully saturated rings. The van der Waals surface area contributed by atoms with E-state index in [1.165, 1.54) is 5.69 Å². The Hall–Kier alpha value is -2.66. The Morgan fingerprint density at radius 2 is 1.61 bits per heavy atom. The van der Waals surface area contributed by atoms with Crippen molar-refractivity contribution in [1.29, 1.82) is 0 Å².